The number of amides is 1. The Bertz CT molecular complexity index is 855. The molecule has 1 amide bonds. The van der Waals surface area contributed by atoms with Crippen molar-refractivity contribution in [3.8, 4) is 5.88 Å². The van der Waals surface area contributed by atoms with E-state index in [-0.39, 0.29) is 12.5 Å². The first-order chi connectivity index (χ1) is 11.7. The summed E-state index contributed by atoms with van der Waals surface area (Å²) in [7, 11) is 0. The highest BCUT2D eigenvalue weighted by Crippen LogP contribution is 2.25. The van der Waals surface area contributed by atoms with Gasteiger partial charge in [0.25, 0.3) is 5.91 Å². The van der Waals surface area contributed by atoms with Gasteiger partial charge in [-0.15, -0.1) is 0 Å². The van der Waals surface area contributed by atoms with E-state index in [0.717, 1.165) is 21.1 Å². The summed E-state index contributed by atoms with van der Waals surface area (Å²) in [6, 6.07) is 15.2. The standard InChI is InChI=1S/C18H16BrN3O2/c1-2-22(14-6-4-3-5-7-14)17(23)11-24-18-15-10-13(19)8-9-16(15)20-12-21-18/h3-10,12H,2,11H2,1H3. The van der Waals surface area contributed by atoms with Crippen molar-refractivity contribution in [2.75, 3.05) is 18.1 Å². The Balaban J connectivity index is 1.78. The van der Waals surface area contributed by atoms with Gasteiger partial charge in [0.15, 0.2) is 6.61 Å². The number of aromatic nitrogens is 2. The van der Waals surface area contributed by atoms with Crippen molar-refractivity contribution >= 4 is 38.4 Å². The Morgan fingerprint density at radius 1 is 1.17 bits per heavy atom. The predicted octanol–water partition coefficient (Wildman–Crippen LogP) is 3.82. The molecule has 0 saturated heterocycles. The Morgan fingerprint density at radius 2 is 1.96 bits per heavy atom. The Hall–Kier alpha value is -2.47. The number of nitrogens with zero attached hydrogens (tertiary/aromatic N) is 3. The van der Waals surface area contributed by atoms with Crippen LogP contribution >= 0.6 is 15.9 Å². The van der Waals surface area contributed by atoms with E-state index < -0.39 is 0 Å². The summed E-state index contributed by atoms with van der Waals surface area (Å²) in [4.78, 5) is 22.5. The molecule has 122 valence electrons. The summed E-state index contributed by atoms with van der Waals surface area (Å²) in [5.41, 5.74) is 1.62. The molecule has 0 fully saturated rings. The van der Waals surface area contributed by atoms with Crippen LogP contribution in [0.15, 0.2) is 59.3 Å². The second-order valence-corrected chi connectivity index (χ2v) is 6.02. The number of ether oxygens (including phenoxy) is 1. The lowest BCUT2D eigenvalue weighted by Crippen LogP contribution is -2.34. The van der Waals surface area contributed by atoms with E-state index in [1.807, 2.05) is 55.5 Å². The zero-order valence-corrected chi connectivity index (χ0v) is 14.7. The van der Waals surface area contributed by atoms with E-state index in [1.54, 1.807) is 4.90 Å². The highest BCUT2D eigenvalue weighted by Gasteiger charge is 2.15. The highest BCUT2D eigenvalue weighted by atomic mass is 79.9. The van der Waals surface area contributed by atoms with Crippen LogP contribution in [-0.4, -0.2) is 29.0 Å². The number of likely N-dealkylation sites (N-methyl/N-ethyl adjacent to an activating group) is 1. The van der Waals surface area contributed by atoms with Crippen molar-refractivity contribution in [2.45, 2.75) is 6.92 Å². The van der Waals surface area contributed by atoms with Crippen LogP contribution in [0.4, 0.5) is 5.69 Å². The van der Waals surface area contributed by atoms with Crippen molar-refractivity contribution < 1.29 is 9.53 Å². The number of para-hydroxylation sites is 1. The second kappa shape index (κ2) is 7.40. The molecule has 0 bridgehead atoms. The van der Waals surface area contributed by atoms with Gasteiger partial charge in [-0.05, 0) is 37.3 Å². The van der Waals surface area contributed by atoms with Gasteiger partial charge in [0, 0.05) is 16.7 Å². The summed E-state index contributed by atoms with van der Waals surface area (Å²) < 4.78 is 6.58. The van der Waals surface area contributed by atoms with Gasteiger partial charge >= 0.3 is 0 Å². The lowest BCUT2D eigenvalue weighted by Gasteiger charge is -2.21. The van der Waals surface area contributed by atoms with Crippen LogP contribution < -0.4 is 9.64 Å². The minimum Gasteiger partial charge on any atom is -0.467 e. The Morgan fingerprint density at radius 3 is 2.71 bits per heavy atom. The molecule has 0 aliphatic carbocycles. The molecule has 5 nitrogen and oxygen atoms in total. The molecule has 24 heavy (non-hydrogen) atoms. The van der Waals surface area contributed by atoms with Gasteiger partial charge in [-0.25, -0.2) is 9.97 Å². The third-order valence-corrected chi connectivity index (χ3v) is 4.07. The van der Waals surface area contributed by atoms with Gasteiger partial charge in [-0.3, -0.25) is 4.79 Å². The number of halogens is 1. The van der Waals surface area contributed by atoms with Crippen LogP contribution in [0.1, 0.15) is 6.92 Å². The van der Waals surface area contributed by atoms with Crippen LogP contribution in [-0.2, 0) is 4.79 Å². The molecule has 6 heteroatoms. The molecule has 3 aromatic rings. The van der Waals surface area contributed by atoms with E-state index in [1.165, 1.54) is 6.33 Å². The molecular weight excluding hydrogens is 370 g/mol. The fraction of sp³-hybridized carbons (Fsp3) is 0.167. The van der Waals surface area contributed by atoms with Crippen LogP contribution in [0, 0.1) is 0 Å². The van der Waals surface area contributed by atoms with E-state index in [4.69, 9.17) is 4.74 Å². The van der Waals surface area contributed by atoms with E-state index in [2.05, 4.69) is 25.9 Å². The number of anilines is 1. The van der Waals surface area contributed by atoms with E-state index in [0.29, 0.717) is 12.4 Å². The van der Waals surface area contributed by atoms with Gasteiger partial charge in [-0.1, -0.05) is 34.1 Å². The number of fused-ring (bicyclic) bond motifs is 1. The lowest BCUT2D eigenvalue weighted by molar-refractivity contribution is -0.120. The van der Waals surface area contributed by atoms with Crippen molar-refractivity contribution in [2.24, 2.45) is 0 Å². The minimum absolute atomic E-state index is 0.0820. The SMILES string of the molecule is CCN(C(=O)COc1ncnc2ccc(Br)cc12)c1ccccc1. The summed E-state index contributed by atoms with van der Waals surface area (Å²) in [5, 5.41) is 0.766. The van der Waals surface area contributed by atoms with Gasteiger partial charge in [0.05, 0.1) is 10.9 Å². The number of benzene rings is 2. The number of carbonyl (C=O) groups excluding carboxylic acids is 1. The molecule has 0 N–H and O–H groups in total. The molecule has 1 aromatic heterocycles. The fourth-order valence-corrected chi connectivity index (χ4v) is 2.80. The van der Waals surface area contributed by atoms with Crippen LogP contribution in [0.25, 0.3) is 10.9 Å². The predicted molar refractivity (Wildman–Crippen MR) is 97.2 cm³/mol. The molecule has 0 aliphatic heterocycles. The highest BCUT2D eigenvalue weighted by molar-refractivity contribution is 9.10. The second-order valence-electron chi connectivity index (χ2n) is 5.10. The summed E-state index contributed by atoms with van der Waals surface area (Å²) in [6.07, 6.45) is 1.44. The van der Waals surface area contributed by atoms with E-state index >= 15 is 0 Å². The van der Waals surface area contributed by atoms with Crippen molar-refractivity contribution in [3.05, 3.63) is 59.3 Å². The summed E-state index contributed by atoms with van der Waals surface area (Å²) in [6.45, 7) is 2.42. The number of carbonyl (C=O) groups is 1. The first-order valence-electron chi connectivity index (χ1n) is 7.57. The maximum absolute atomic E-state index is 12.5. The van der Waals surface area contributed by atoms with Gasteiger partial charge in [0.2, 0.25) is 5.88 Å². The van der Waals surface area contributed by atoms with Crippen molar-refractivity contribution in [1.82, 2.24) is 9.97 Å². The molecule has 0 unspecified atom stereocenters. The summed E-state index contributed by atoms with van der Waals surface area (Å²) >= 11 is 3.43. The van der Waals surface area contributed by atoms with Gasteiger partial charge < -0.3 is 9.64 Å². The Labute approximate surface area is 148 Å². The quantitative estimate of drug-likeness (QED) is 0.669. The first-order valence-corrected chi connectivity index (χ1v) is 8.37. The zero-order chi connectivity index (χ0) is 16.9. The summed E-state index contributed by atoms with van der Waals surface area (Å²) in [5.74, 6) is 0.282. The first kappa shape index (κ1) is 16.4. The molecule has 1 heterocycles. The fourth-order valence-electron chi connectivity index (χ4n) is 2.44. The number of rotatable bonds is 5. The molecule has 0 spiro atoms. The molecule has 0 atom stereocenters. The third-order valence-electron chi connectivity index (χ3n) is 3.58. The van der Waals surface area contributed by atoms with Gasteiger partial charge in [-0.2, -0.15) is 0 Å². The average Bonchev–Trinajstić information content (AvgIpc) is 2.61. The van der Waals surface area contributed by atoms with Crippen LogP contribution in [0.5, 0.6) is 5.88 Å². The molecule has 2 aromatic carbocycles. The zero-order valence-electron chi connectivity index (χ0n) is 13.1. The van der Waals surface area contributed by atoms with Gasteiger partial charge in [0.1, 0.15) is 6.33 Å². The Kier molecular flexibility index (Phi) is 5.05. The topological polar surface area (TPSA) is 55.3 Å². The largest absolute Gasteiger partial charge is 0.467 e. The molecule has 3 rings (SSSR count). The van der Waals surface area contributed by atoms with Crippen LogP contribution in [0.2, 0.25) is 0 Å². The maximum atomic E-state index is 12.5. The number of hydrogen-bond donors (Lipinski definition) is 0. The maximum Gasteiger partial charge on any atom is 0.264 e. The van der Waals surface area contributed by atoms with Crippen LogP contribution in [0.3, 0.4) is 0 Å². The minimum atomic E-state index is -0.120. The van der Waals surface area contributed by atoms with Crippen molar-refractivity contribution in [3.63, 3.8) is 0 Å². The molecule has 0 aliphatic rings. The molecule has 0 radical (unpaired) electrons. The van der Waals surface area contributed by atoms with E-state index in [9.17, 15) is 4.79 Å². The lowest BCUT2D eigenvalue weighted by atomic mass is 10.2. The number of hydrogen-bond acceptors (Lipinski definition) is 4. The third kappa shape index (κ3) is 3.54. The monoisotopic (exact) mass is 385 g/mol. The smallest absolute Gasteiger partial charge is 0.264 e. The molecule has 0 saturated carbocycles. The van der Waals surface area contributed by atoms with Crippen molar-refractivity contribution in [1.29, 1.82) is 0 Å². The molecular formula is C18H16BrN3O2. The average molecular weight is 386 g/mol. The normalized spacial score (nSPS) is 10.6.